The normalized spacial score (nSPS) is 11.0. The Morgan fingerprint density at radius 3 is 1.57 bits per heavy atom. The Kier molecular flexibility index (Phi) is 3.09. The van der Waals surface area contributed by atoms with Gasteiger partial charge >= 0.3 is 0 Å². The molecule has 0 aliphatic rings. The molecule has 1 N–H and O–H groups in total. The summed E-state index contributed by atoms with van der Waals surface area (Å²) in [6, 6.07) is 11.9. The van der Waals surface area contributed by atoms with Crippen molar-refractivity contribution in [3.05, 3.63) is 41.8 Å². The lowest BCUT2D eigenvalue weighted by molar-refractivity contribution is 0.659. The van der Waals surface area contributed by atoms with Crippen molar-refractivity contribution in [2.75, 3.05) is 38.0 Å². The molecular formula is C17H19N3O. The number of nitrogens with zero attached hydrogens (tertiary/aromatic N) is 2. The lowest BCUT2D eigenvalue weighted by Gasteiger charge is -2.14. The Hall–Kier alpha value is -2.49. The van der Waals surface area contributed by atoms with E-state index in [1.807, 2.05) is 74.4 Å². The van der Waals surface area contributed by atoms with E-state index < -0.39 is 0 Å². The van der Waals surface area contributed by atoms with Gasteiger partial charge in [0.25, 0.3) is 0 Å². The van der Waals surface area contributed by atoms with Crippen LogP contribution in [0.4, 0.5) is 11.4 Å². The predicted octanol–water partition coefficient (Wildman–Crippen LogP) is 3.20. The number of hydrogen-bond acceptors (Lipinski definition) is 4. The third-order valence-corrected chi connectivity index (χ3v) is 3.72. The van der Waals surface area contributed by atoms with Crippen molar-refractivity contribution >= 4 is 33.3 Å². The molecule has 1 heterocycles. The van der Waals surface area contributed by atoms with Crippen molar-refractivity contribution in [1.82, 2.24) is 0 Å². The Labute approximate surface area is 123 Å². The van der Waals surface area contributed by atoms with Crippen LogP contribution in [0.2, 0.25) is 0 Å². The Balaban J connectivity index is 2.35. The molecule has 0 radical (unpaired) electrons. The molecule has 0 unspecified atom stereocenters. The molecule has 0 fully saturated rings. The van der Waals surface area contributed by atoms with E-state index in [0.717, 1.165) is 33.3 Å². The van der Waals surface area contributed by atoms with E-state index >= 15 is 0 Å². The summed E-state index contributed by atoms with van der Waals surface area (Å²) >= 11 is 0. The maximum atomic E-state index is 8.40. The average Bonchev–Trinajstić information content (AvgIpc) is 2.46. The molecule has 0 atom stereocenters. The summed E-state index contributed by atoms with van der Waals surface area (Å²) in [7, 11) is 7.98. The van der Waals surface area contributed by atoms with Crippen LogP contribution in [-0.4, -0.2) is 28.2 Å². The van der Waals surface area contributed by atoms with Gasteiger partial charge in [-0.05, 0) is 24.3 Å². The second-order valence-corrected chi connectivity index (χ2v) is 5.63. The fraction of sp³-hybridized carbons (Fsp3) is 0.235. The lowest BCUT2D eigenvalue weighted by atomic mass is 10.1. The molecule has 108 valence electrons. The average molecular weight is 281 g/mol. The SMILES string of the molecule is CN(C)c1ccc2c(=N)c3ccc(N(C)C)cc3oc2c1. The van der Waals surface area contributed by atoms with Gasteiger partial charge in [-0.25, -0.2) is 0 Å². The molecule has 0 spiro atoms. The minimum absolute atomic E-state index is 0.516. The van der Waals surface area contributed by atoms with E-state index in [4.69, 9.17) is 9.83 Å². The molecule has 0 aliphatic carbocycles. The highest BCUT2D eigenvalue weighted by Gasteiger charge is 2.08. The van der Waals surface area contributed by atoms with Crippen LogP contribution >= 0.6 is 0 Å². The van der Waals surface area contributed by atoms with Crippen LogP contribution in [0.1, 0.15) is 0 Å². The van der Waals surface area contributed by atoms with Gasteiger partial charge in [-0.2, -0.15) is 0 Å². The molecule has 3 aromatic rings. The maximum absolute atomic E-state index is 8.40. The molecule has 21 heavy (non-hydrogen) atoms. The van der Waals surface area contributed by atoms with Crippen LogP contribution in [0.15, 0.2) is 40.8 Å². The summed E-state index contributed by atoms with van der Waals surface area (Å²) in [6.45, 7) is 0. The monoisotopic (exact) mass is 281 g/mol. The number of rotatable bonds is 2. The van der Waals surface area contributed by atoms with Gasteiger partial charge in [0.2, 0.25) is 0 Å². The topological polar surface area (TPSA) is 43.5 Å². The van der Waals surface area contributed by atoms with Crippen LogP contribution in [0, 0.1) is 5.41 Å². The molecule has 1 aromatic heterocycles. The number of nitrogens with one attached hydrogen (secondary N) is 1. The van der Waals surface area contributed by atoms with Crippen LogP contribution < -0.4 is 15.2 Å². The summed E-state index contributed by atoms with van der Waals surface area (Å²) in [5.74, 6) is 0. The fourth-order valence-electron chi connectivity index (χ4n) is 2.42. The zero-order valence-electron chi connectivity index (χ0n) is 12.8. The van der Waals surface area contributed by atoms with Crippen LogP contribution in [0.5, 0.6) is 0 Å². The third kappa shape index (κ3) is 2.23. The Bertz CT molecular complexity index is 809. The number of fused-ring (bicyclic) bond motifs is 2. The van der Waals surface area contributed by atoms with Gasteiger partial charge in [0, 0.05) is 62.5 Å². The largest absolute Gasteiger partial charge is 0.456 e. The molecule has 0 amide bonds. The van der Waals surface area contributed by atoms with Crippen molar-refractivity contribution < 1.29 is 4.42 Å². The molecule has 0 aliphatic heterocycles. The minimum atomic E-state index is 0.516. The highest BCUT2D eigenvalue weighted by atomic mass is 16.3. The molecule has 3 rings (SSSR count). The first-order valence-corrected chi connectivity index (χ1v) is 6.87. The standard InChI is InChI=1S/C17H19N3O/c1-19(2)11-5-7-13-15(9-11)21-16-10-12(20(3)4)6-8-14(16)17(13)18/h5-10,18H,1-4H3. The number of hydrogen-bond donors (Lipinski definition) is 1. The first-order valence-electron chi connectivity index (χ1n) is 6.87. The minimum Gasteiger partial charge on any atom is -0.456 e. The van der Waals surface area contributed by atoms with E-state index in [1.165, 1.54) is 0 Å². The molecule has 0 saturated heterocycles. The summed E-state index contributed by atoms with van der Waals surface area (Å²) in [5.41, 5.74) is 3.62. The predicted molar refractivity (Wildman–Crippen MR) is 88.2 cm³/mol. The van der Waals surface area contributed by atoms with Gasteiger partial charge in [0.15, 0.2) is 0 Å². The molecule has 0 bridgehead atoms. The van der Waals surface area contributed by atoms with Gasteiger partial charge in [0.1, 0.15) is 11.2 Å². The van der Waals surface area contributed by atoms with Gasteiger partial charge in [-0.3, -0.25) is 5.41 Å². The number of anilines is 2. The van der Waals surface area contributed by atoms with Crippen LogP contribution in [0.25, 0.3) is 21.9 Å². The van der Waals surface area contributed by atoms with Gasteiger partial charge in [0.05, 0.1) is 5.36 Å². The fourth-order valence-corrected chi connectivity index (χ4v) is 2.42. The Morgan fingerprint density at radius 2 is 1.19 bits per heavy atom. The van der Waals surface area contributed by atoms with Gasteiger partial charge < -0.3 is 14.2 Å². The van der Waals surface area contributed by atoms with Gasteiger partial charge in [-0.1, -0.05) is 0 Å². The molecule has 4 nitrogen and oxygen atoms in total. The smallest absolute Gasteiger partial charge is 0.138 e. The van der Waals surface area contributed by atoms with Crippen LogP contribution in [-0.2, 0) is 0 Å². The van der Waals surface area contributed by atoms with E-state index in [0.29, 0.717) is 5.36 Å². The summed E-state index contributed by atoms with van der Waals surface area (Å²) in [5, 5.41) is 10.6. The highest BCUT2D eigenvalue weighted by Crippen LogP contribution is 2.25. The van der Waals surface area contributed by atoms with Crippen LogP contribution in [0.3, 0.4) is 0 Å². The van der Waals surface area contributed by atoms with E-state index in [2.05, 4.69) is 0 Å². The lowest BCUT2D eigenvalue weighted by Crippen LogP contribution is -2.10. The zero-order valence-corrected chi connectivity index (χ0v) is 12.8. The van der Waals surface area contributed by atoms with Crippen molar-refractivity contribution in [3.8, 4) is 0 Å². The van der Waals surface area contributed by atoms with Gasteiger partial charge in [-0.15, -0.1) is 0 Å². The molecule has 2 aromatic carbocycles. The quantitative estimate of drug-likeness (QED) is 0.734. The van der Waals surface area contributed by atoms with E-state index in [9.17, 15) is 0 Å². The first kappa shape index (κ1) is 13.5. The van der Waals surface area contributed by atoms with Crippen molar-refractivity contribution in [2.45, 2.75) is 0 Å². The van der Waals surface area contributed by atoms with Crippen molar-refractivity contribution in [2.24, 2.45) is 0 Å². The molecular weight excluding hydrogens is 262 g/mol. The molecule has 4 heteroatoms. The van der Waals surface area contributed by atoms with Crippen molar-refractivity contribution in [3.63, 3.8) is 0 Å². The highest BCUT2D eigenvalue weighted by molar-refractivity contribution is 5.91. The molecule has 0 saturated carbocycles. The van der Waals surface area contributed by atoms with E-state index in [-0.39, 0.29) is 0 Å². The third-order valence-electron chi connectivity index (χ3n) is 3.72. The maximum Gasteiger partial charge on any atom is 0.138 e. The second-order valence-electron chi connectivity index (χ2n) is 5.63. The van der Waals surface area contributed by atoms with E-state index in [1.54, 1.807) is 0 Å². The zero-order chi connectivity index (χ0) is 15.1. The number of benzene rings is 2. The van der Waals surface area contributed by atoms with Crippen molar-refractivity contribution in [1.29, 1.82) is 5.41 Å². The summed E-state index contributed by atoms with van der Waals surface area (Å²) in [6.07, 6.45) is 0. The summed E-state index contributed by atoms with van der Waals surface area (Å²) < 4.78 is 6.04. The summed E-state index contributed by atoms with van der Waals surface area (Å²) in [4.78, 5) is 4.05. The second kappa shape index (κ2) is 4.81. The Morgan fingerprint density at radius 1 is 0.762 bits per heavy atom. The first-order chi connectivity index (χ1) is 9.97.